The van der Waals surface area contributed by atoms with Crippen LogP contribution in [0.4, 0.5) is 5.82 Å². The van der Waals surface area contributed by atoms with E-state index >= 15 is 0 Å². The fourth-order valence-corrected chi connectivity index (χ4v) is 2.33. The Hall–Kier alpha value is -2.96. The van der Waals surface area contributed by atoms with E-state index in [2.05, 4.69) is 20.7 Å². The van der Waals surface area contributed by atoms with Crippen LogP contribution in [-0.2, 0) is 0 Å². The van der Waals surface area contributed by atoms with Crippen molar-refractivity contribution in [1.29, 1.82) is 0 Å². The number of aromatic nitrogens is 5. The first-order valence-corrected chi connectivity index (χ1v) is 7.40. The van der Waals surface area contributed by atoms with Crippen LogP contribution < -0.4 is 5.32 Å². The number of hydrogen-bond acceptors (Lipinski definition) is 4. The van der Waals surface area contributed by atoms with Gasteiger partial charge in [0, 0.05) is 11.7 Å². The summed E-state index contributed by atoms with van der Waals surface area (Å²) in [5, 5.41) is 15.0. The van der Waals surface area contributed by atoms with Gasteiger partial charge < -0.3 is 5.32 Å². The molecule has 2 aromatic heterocycles. The molecule has 0 radical (unpaired) electrons. The average Bonchev–Trinajstić information content (AvgIpc) is 3.15. The minimum Gasteiger partial charge on any atom is -0.302 e. The summed E-state index contributed by atoms with van der Waals surface area (Å²) in [5.74, 6) is 0.0863. The van der Waals surface area contributed by atoms with E-state index in [0.29, 0.717) is 11.5 Å². The van der Waals surface area contributed by atoms with E-state index in [1.54, 1.807) is 16.9 Å². The Morgan fingerprint density at radius 2 is 1.96 bits per heavy atom. The average molecular weight is 310 g/mol. The van der Waals surface area contributed by atoms with Gasteiger partial charge in [0.25, 0.3) is 5.91 Å². The van der Waals surface area contributed by atoms with Crippen molar-refractivity contribution in [1.82, 2.24) is 24.8 Å². The Labute approximate surface area is 133 Å². The smallest absolute Gasteiger partial charge is 0.277 e. The van der Waals surface area contributed by atoms with E-state index in [-0.39, 0.29) is 11.9 Å². The highest BCUT2D eigenvalue weighted by Gasteiger charge is 2.15. The Bertz CT molecular complexity index is 818. The maximum absolute atomic E-state index is 12.3. The fraction of sp³-hybridized carbons (Fsp3) is 0.250. The lowest BCUT2D eigenvalue weighted by Gasteiger charge is -2.06. The number of para-hydroxylation sites is 1. The molecular weight excluding hydrogens is 292 g/mol. The van der Waals surface area contributed by atoms with Crippen LogP contribution in [0.1, 0.15) is 36.1 Å². The molecule has 3 aromatic rings. The summed E-state index contributed by atoms with van der Waals surface area (Å²) in [7, 11) is 0. The highest BCUT2D eigenvalue weighted by atomic mass is 16.2. The number of rotatable bonds is 4. The Balaban J connectivity index is 1.76. The summed E-state index contributed by atoms with van der Waals surface area (Å²) in [6.45, 7) is 5.97. The number of carbonyl (C=O) groups excluding carboxylic acids is 1. The highest BCUT2D eigenvalue weighted by molar-refractivity contribution is 6.02. The molecule has 0 unspecified atom stereocenters. The number of aryl methyl sites for hydroxylation is 1. The van der Waals surface area contributed by atoms with Crippen molar-refractivity contribution in [3.8, 4) is 5.69 Å². The van der Waals surface area contributed by atoms with E-state index in [9.17, 15) is 4.79 Å². The van der Waals surface area contributed by atoms with Gasteiger partial charge in [-0.05, 0) is 39.0 Å². The summed E-state index contributed by atoms with van der Waals surface area (Å²) in [6, 6.07) is 11.5. The number of nitrogens with zero attached hydrogens (tertiary/aromatic N) is 5. The van der Waals surface area contributed by atoms with Gasteiger partial charge in [0.2, 0.25) is 0 Å². The molecule has 7 nitrogen and oxygen atoms in total. The van der Waals surface area contributed by atoms with E-state index in [1.165, 1.54) is 0 Å². The number of hydrogen-bond donors (Lipinski definition) is 1. The second-order valence-electron chi connectivity index (χ2n) is 5.55. The summed E-state index contributed by atoms with van der Waals surface area (Å²) in [5.41, 5.74) is 2.18. The van der Waals surface area contributed by atoms with Crippen LogP contribution >= 0.6 is 0 Å². The number of carbonyl (C=O) groups is 1. The topological polar surface area (TPSA) is 77.6 Å². The van der Waals surface area contributed by atoms with Gasteiger partial charge in [-0.15, -0.1) is 5.10 Å². The number of anilines is 1. The zero-order chi connectivity index (χ0) is 16.4. The van der Waals surface area contributed by atoms with Crippen LogP contribution in [0.3, 0.4) is 0 Å². The lowest BCUT2D eigenvalue weighted by molar-refractivity contribution is 0.102. The maximum atomic E-state index is 12.3. The molecule has 7 heteroatoms. The molecule has 3 rings (SSSR count). The molecule has 2 heterocycles. The first-order valence-electron chi connectivity index (χ1n) is 7.40. The van der Waals surface area contributed by atoms with Crippen LogP contribution in [-0.4, -0.2) is 30.7 Å². The molecular formula is C16H18N6O. The molecule has 0 bridgehead atoms. The van der Waals surface area contributed by atoms with Gasteiger partial charge in [0.1, 0.15) is 0 Å². The molecule has 0 aliphatic carbocycles. The van der Waals surface area contributed by atoms with Gasteiger partial charge in [-0.2, -0.15) is 5.10 Å². The Morgan fingerprint density at radius 1 is 1.22 bits per heavy atom. The third-order valence-electron chi connectivity index (χ3n) is 3.40. The van der Waals surface area contributed by atoms with Crippen molar-refractivity contribution < 1.29 is 4.79 Å². The quantitative estimate of drug-likeness (QED) is 0.803. The first-order chi connectivity index (χ1) is 11.0. The Morgan fingerprint density at radius 3 is 2.61 bits per heavy atom. The zero-order valence-corrected chi connectivity index (χ0v) is 13.3. The lowest BCUT2D eigenvalue weighted by atomic mass is 10.3. The predicted molar refractivity (Wildman–Crippen MR) is 86.7 cm³/mol. The molecule has 0 saturated carbocycles. The van der Waals surface area contributed by atoms with E-state index in [0.717, 1.165) is 11.4 Å². The van der Waals surface area contributed by atoms with Crippen molar-refractivity contribution in [2.24, 2.45) is 0 Å². The molecule has 0 saturated heterocycles. The second-order valence-corrected chi connectivity index (χ2v) is 5.55. The normalized spacial score (nSPS) is 11.0. The van der Waals surface area contributed by atoms with E-state index < -0.39 is 0 Å². The molecule has 0 fully saturated rings. The van der Waals surface area contributed by atoms with Crippen molar-refractivity contribution in [3.05, 3.63) is 54.0 Å². The fourth-order valence-electron chi connectivity index (χ4n) is 2.33. The van der Waals surface area contributed by atoms with Gasteiger partial charge >= 0.3 is 0 Å². The van der Waals surface area contributed by atoms with Crippen LogP contribution in [0.15, 0.2) is 42.6 Å². The molecule has 0 atom stereocenters. The molecule has 0 spiro atoms. The largest absolute Gasteiger partial charge is 0.302 e. The molecule has 0 aliphatic rings. The Kier molecular flexibility index (Phi) is 3.92. The first kappa shape index (κ1) is 15.0. The van der Waals surface area contributed by atoms with Crippen LogP contribution in [0, 0.1) is 6.92 Å². The maximum Gasteiger partial charge on any atom is 0.277 e. The highest BCUT2D eigenvalue weighted by Crippen LogP contribution is 2.13. The standard InChI is InChI=1S/C16H18N6O/c1-11(2)22-12(3)9-14(19-22)16(23)17-15-10-21(20-18-15)13-7-5-4-6-8-13/h4-11H,1-3H3,(H,17,23). The minimum absolute atomic E-state index is 0.204. The summed E-state index contributed by atoms with van der Waals surface area (Å²) in [4.78, 5) is 12.3. The zero-order valence-electron chi connectivity index (χ0n) is 13.3. The number of amides is 1. The van der Waals surface area contributed by atoms with Crippen LogP contribution in [0.25, 0.3) is 5.69 Å². The second kappa shape index (κ2) is 6.04. The molecule has 23 heavy (non-hydrogen) atoms. The minimum atomic E-state index is -0.299. The van der Waals surface area contributed by atoms with E-state index in [4.69, 9.17) is 0 Å². The molecule has 0 aliphatic heterocycles. The predicted octanol–water partition coefficient (Wildman–Crippen LogP) is 2.61. The van der Waals surface area contributed by atoms with Crippen molar-refractivity contribution >= 4 is 11.7 Å². The summed E-state index contributed by atoms with van der Waals surface area (Å²) < 4.78 is 3.42. The molecule has 118 valence electrons. The van der Waals surface area contributed by atoms with Gasteiger partial charge in [-0.3, -0.25) is 9.48 Å². The third kappa shape index (κ3) is 3.13. The van der Waals surface area contributed by atoms with Crippen LogP contribution in [0.5, 0.6) is 0 Å². The number of benzene rings is 1. The van der Waals surface area contributed by atoms with Gasteiger partial charge in [0.05, 0.1) is 11.9 Å². The number of nitrogens with one attached hydrogen (secondary N) is 1. The van der Waals surface area contributed by atoms with Gasteiger partial charge in [-0.25, -0.2) is 4.68 Å². The van der Waals surface area contributed by atoms with Crippen molar-refractivity contribution in [2.45, 2.75) is 26.8 Å². The van der Waals surface area contributed by atoms with Gasteiger partial charge in [0.15, 0.2) is 11.5 Å². The van der Waals surface area contributed by atoms with E-state index in [1.807, 2.05) is 55.8 Å². The van der Waals surface area contributed by atoms with Crippen molar-refractivity contribution in [3.63, 3.8) is 0 Å². The van der Waals surface area contributed by atoms with Gasteiger partial charge in [-0.1, -0.05) is 23.4 Å². The molecule has 1 N–H and O–H groups in total. The lowest BCUT2D eigenvalue weighted by Crippen LogP contribution is -2.14. The summed E-state index contributed by atoms with van der Waals surface area (Å²) in [6.07, 6.45) is 1.67. The van der Waals surface area contributed by atoms with Crippen molar-refractivity contribution in [2.75, 3.05) is 5.32 Å². The molecule has 1 amide bonds. The SMILES string of the molecule is Cc1cc(C(=O)Nc2cn(-c3ccccc3)nn2)nn1C(C)C. The monoisotopic (exact) mass is 310 g/mol. The summed E-state index contributed by atoms with van der Waals surface area (Å²) >= 11 is 0. The van der Waals surface area contributed by atoms with Crippen LogP contribution in [0.2, 0.25) is 0 Å². The third-order valence-corrected chi connectivity index (χ3v) is 3.40. The molecule has 1 aromatic carbocycles.